The van der Waals surface area contributed by atoms with Crippen molar-refractivity contribution in [2.45, 2.75) is 43.8 Å². The number of furan rings is 1. The van der Waals surface area contributed by atoms with Crippen molar-refractivity contribution in [1.82, 2.24) is 4.31 Å². The molecule has 0 saturated carbocycles. The number of sulfonamides is 1. The maximum atomic E-state index is 12.9. The molecule has 0 aliphatic carbocycles. The first kappa shape index (κ1) is 23.2. The van der Waals surface area contributed by atoms with Crippen molar-refractivity contribution in [2.75, 3.05) is 18.4 Å². The molecule has 3 aromatic rings. The lowest BCUT2D eigenvalue weighted by Gasteiger charge is -2.20. The minimum Gasteiger partial charge on any atom is -0.467 e. The molecule has 2 heterocycles. The molecule has 1 amide bonds. The van der Waals surface area contributed by atoms with Gasteiger partial charge in [0.15, 0.2) is 0 Å². The first-order valence-corrected chi connectivity index (χ1v) is 12.6. The van der Waals surface area contributed by atoms with Crippen LogP contribution < -0.4 is 5.32 Å². The standard InChI is InChI=1S/C25H28N2O5S/c28-25(26-22-8-5-7-20(17-22)18-31-19-23-9-6-16-32-23)21-10-12-24(13-11-21)33(29,30)27-14-3-1-2-4-15-27/h5-13,16-17H,1-4,14-15,18-19H2,(H,26,28). The lowest BCUT2D eigenvalue weighted by molar-refractivity contribution is 0.0929. The van der Waals surface area contributed by atoms with Crippen molar-refractivity contribution < 1.29 is 22.4 Å². The van der Waals surface area contributed by atoms with E-state index in [1.807, 2.05) is 30.3 Å². The van der Waals surface area contributed by atoms with E-state index in [2.05, 4.69) is 5.32 Å². The second-order valence-electron chi connectivity index (χ2n) is 8.07. The van der Waals surface area contributed by atoms with Crippen LogP contribution in [-0.4, -0.2) is 31.7 Å². The van der Waals surface area contributed by atoms with E-state index in [4.69, 9.17) is 9.15 Å². The summed E-state index contributed by atoms with van der Waals surface area (Å²) >= 11 is 0. The maximum Gasteiger partial charge on any atom is 0.255 e. The molecule has 4 rings (SSSR count). The molecule has 2 aromatic carbocycles. The van der Waals surface area contributed by atoms with Crippen molar-refractivity contribution in [2.24, 2.45) is 0 Å². The van der Waals surface area contributed by atoms with Crippen LogP contribution in [0, 0.1) is 0 Å². The van der Waals surface area contributed by atoms with Gasteiger partial charge < -0.3 is 14.5 Å². The Morgan fingerprint density at radius 3 is 2.39 bits per heavy atom. The van der Waals surface area contributed by atoms with Gasteiger partial charge in [-0.1, -0.05) is 25.0 Å². The van der Waals surface area contributed by atoms with Gasteiger partial charge in [-0.2, -0.15) is 4.31 Å². The Hall–Kier alpha value is -2.94. The van der Waals surface area contributed by atoms with E-state index in [9.17, 15) is 13.2 Å². The van der Waals surface area contributed by atoms with Crippen molar-refractivity contribution in [1.29, 1.82) is 0 Å². The summed E-state index contributed by atoms with van der Waals surface area (Å²) in [5.74, 6) is 0.447. The summed E-state index contributed by atoms with van der Waals surface area (Å²) in [6, 6.07) is 17.2. The molecule has 0 bridgehead atoms. The number of hydrogen-bond acceptors (Lipinski definition) is 5. The molecule has 1 aromatic heterocycles. The second kappa shape index (κ2) is 10.8. The highest BCUT2D eigenvalue weighted by Gasteiger charge is 2.25. The van der Waals surface area contributed by atoms with E-state index in [0.717, 1.165) is 37.0 Å². The van der Waals surface area contributed by atoms with Crippen LogP contribution in [0.1, 0.15) is 47.4 Å². The highest BCUT2D eigenvalue weighted by atomic mass is 32.2. The number of amides is 1. The summed E-state index contributed by atoms with van der Waals surface area (Å²) in [5.41, 5.74) is 1.95. The van der Waals surface area contributed by atoms with Gasteiger partial charge in [0.05, 0.1) is 17.8 Å². The zero-order valence-corrected chi connectivity index (χ0v) is 19.2. The molecular formula is C25H28N2O5S. The average Bonchev–Trinajstić information content (AvgIpc) is 3.18. The molecule has 0 spiro atoms. The van der Waals surface area contributed by atoms with Gasteiger partial charge in [0, 0.05) is 24.3 Å². The Kier molecular flexibility index (Phi) is 7.59. The fourth-order valence-electron chi connectivity index (χ4n) is 3.82. The highest BCUT2D eigenvalue weighted by Crippen LogP contribution is 2.21. The molecule has 7 nitrogen and oxygen atoms in total. The van der Waals surface area contributed by atoms with Gasteiger partial charge >= 0.3 is 0 Å². The van der Waals surface area contributed by atoms with Crippen LogP contribution >= 0.6 is 0 Å². The van der Waals surface area contributed by atoms with Gasteiger partial charge in [-0.15, -0.1) is 0 Å². The topological polar surface area (TPSA) is 88.8 Å². The van der Waals surface area contributed by atoms with Crippen LogP contribution in [0.4, 0.5) is 5.69 Å². The number of ether oxygens (including phenoxy) is 1. The number of hydrogen-bond donors (Lipinski definition) is 1. The summed E-state index contributed by atoms with van der Waals surface area (Å²) < 4.78 is 38.3. The van der Waals surface area contributed by atoms with Gasteiger partial charge in [0.25, 0.3) is 5.91 Å². The molecule has 1 saturated heterocycles. The van der Waals surface area contributed by atoms with E-state index in [-0.39, 0.29) is 10.8 Å². The summed E-state index contributed by atoms with van der Waals surface area (Å²) in [5, 5.41) is 2.86. The van der Waals surface area contributed by atoms with Crippen LogP contribution in [0.3, 0.4) is 0 Å². The predicted molar refractivity (Wildman–Crippen MR) is 125 cm³/mol. The van der Waals surface area contributed by atoms with Crippen LogP contribution in [0.2, 0.25) is 0 Å². The third-order valence-corrected chi connectivity index (χ3v) is 7.51. The number of carbonyl (C=O) groups excluding carboxylic acids is 1. The molecule has 1 fully saturated rings. The smallest absolute Gasteiger partial charge is 0.255 e. The van der Waals surface area contributed by atoms with Gasteiger partial charge in [-0.3, -0.25) is 4.79 Å². The number of anilines is 1. The molecule has 174 valence electrons. The van der Waals surface area contributed by atoms with Gasteiger partial charge in [0.1, 0.15) is 12.4 Å². The normalized spacial score (nSPS) is 15.2. The minimum atomic E-state index is -3.54. The van der Waals surface area contributed by atoms with Gasteiger partial charge in [-0.05, 0) is 66.9 Å². The first-order valence-electron chi connectivity index (χ1n) is 11.1. The van der Waals surface area contributed by atoms with E-state index in [0.29, 0.717) is 37.6 Å². The molecule has 0 radical (unpaired) electrons. The summed E-state index contributed by atoms with van der Waals surface area (Å²) in [4.78, 5) is 12.9. The van der Waals surface area contributed by atoms with Crippen LogP contribution in [0.5, 0.6) is 0 Å². The third-order valence-electron chi connectivity index (χ3n) is 5.60. The number of nitrogens with zero attached hydrogens (tertiary/aromatic N) is 1. The number of carbonyl (C=O) groups is 1. The van der Waals surface area contributed by atoms with E-state index in [1.54, 1.807) is 28.8 Å². The Labute approximate surface area is 194 Å². The Balaban J connectivity index is 1.36. The first-order chi connectivity index (χ1) is 16.0. The van der Waals surface area contributed by atoms with Crippen LogP contribution in [0.25, 0.3) is 0 Å². The van der Waals surface area contributed by atoms with Gasteiger partial charge in [0.2, 0.25) is 10.0 Å². The Morgan fingerprint density at radius 2 is 1.70 bits per heavy atom. The lowest BCUT2D eigenvalue weighted by Crippen LogP contribution is -2.31. The van der Waals surface area contributed by atoms with Crippen molar-refractivity contribution in [3.8, 4) is 0 Å². The van der Waals surface area contributed by atoms with Crippen LogP contribution in [0.15, 0.2) is 76.2 Å². The molecule has 8 heteroatoms. The van der Waals surface area contributed by atoms with Crippen molar-refractivity contribution >= 4 is 21.6 Å². The second-order valence-corrected chi connectivity index (χ2v) is 10.0. The van der Waals surface area contributed by atoms with E-state index >= 15 is 0 Å². The number of rotatable bonds is 8. The lowest BCUT2D eigenvalue weighted by atomic mass is 10.2. The Morgan fingerprint density at radius 1 is 0.939 bits per heavy atom. The zero-order chi connectivity index (χ0) is 23.1. The Bertz CT molecular complexity index is 1150. The molecule has 0 unspecified atom stereocenters. The quantitative estimate of drug-likeness (QED) is 0.512. The van der Waals surface area contributed by atoms with Crippen LogP contribution in [-0.2, 0) is 28.0 Å². The average molecular weight is 469 g/mol. The van der Waals surface area contributed by atoms with Crippen molar-refractivity contribution in [3.05, 3.63) is 83.8 Å². The largest absolute Gasteiger partial charge is 0.467 e. The molecule has 1 N–H and O–H groups in total. The molecular weight excluding hydrogens is 440 g/mol. The van der Waals surface area contributed by atoms with E-state index < -0.39 is 10.0 Å². The van der Waals surface area contributed by atoms with E-state index in [1.165, 1.54) is 12.1 Å². The molecule has 0 atom stereocenters. The third kappa shape index (κ3) is 6.10. The SMILES string of the molecule is O=C(Nc1cccc(COCc2ccco2)c1)c1ccc(S(=O)(=O)N2CCCCCC2)cc1. The number of nitrogens with one attached hydrogen (secondary N) is 1. The summed E-state index contributed by atoms with van der Waals surface area (Å²) in [7, 11) is -3.54. The molecule has 33 heavy (non-hydrogen) atoms. The van der Waals surface area contributed by atoms with Gasteiger partial charge in [-0.25, -0.2) is 8.42 Å². The summed E-state index contributed by atoms with van der Waals surface area (Å²) in [6.07, 6.45) is 5.48. The maximum absolute atomic E-state index is 12.9. The van der Waals surface area contributed by atoms with Crippen molar-refractivity contribution in [3.63, 3.8) is 0 Å². The minimum absolute atomic E-state index is 0.219. The predicted octanol–water partition coefficient (Wildman–Crippen LogP) is 4.81. The fourth-order valence-corrected chi connectivity index (χ4v) is 5.33. The summed E-state index contributed by atoms with van der Waals surface area (Å²) in [6.45, 7) is 1.85. The fraction of sp³-hybridized carbons (Fsp3) is 0.320. The zero-order valence-electron chi connectivity index (χ0n) is 18.4. The monoisotopic (exact) mass is 468 g/mol. The molecule has 1 aliphatic rings. The molecule has 1 aliphatic heterocycles. The number of benzene rings is 2. The highest BCUT2D eigenvalue weighted by molar-refractivity contribution is 7.89.